The minimum atomic E-state index is 0.820. The van der Waals surface area contributed by atoms with Gasteiger partial charge in [-0.1, -0.05) is 53.2 Å². The lowest BCUT2D eigenvalue weighted by Crippen LogP contribution is -2.46. The van der Waals surface area contributed by atoms with E-state index in [0.717, 1.165) is 49.7 Å². The predicted octanol–water partition coefficient (Wildman–Crippen LogP) is 4.28. The van der Waals surface area contributed by atoms with E-state index in [1.807, 2.05) is 0 Å². The lowest BCUT2D eigenvalue weighted by Gasteiger charge is -2.36. The SMILES string of the molecule is Cc1ccc(-c2cc(CN3CCN(c4ccccc4C)CC3)on2)cc1. The lowest BCUT2D eigenvalue weighted by molar-refractivity contribution is 0.220. The van der Waals surface area contributed by atoms with E-state index in [2.05, 4.69) is 83.4 Å². The zero-order chi connectivity index (χ0) is 17.9. The molecule has 0 bridgehead atoms. The van der Waals surface area contributed by atoms with Gasteiger partial charge in [0.1, 0.15) is 5.69 Å². The number of anilines is 1. The van der Waals surface area contributed by atoms with E-state index in [4.69, 9.17) is 4.52 Å². The van der Waals surface area contributed by atoms with Crippen LogP contribution in [0.1, 0.15) is 16.9 Å². The van der Waals surface area contributed by atoms with Crippen LogP contribution in [0.4, 0.5) is 5.69 Å². The van der Waals surface area contributed by atoms with Gasteiger partial charge < -0.3 is 9.42 Å². The van der Waals surface area contributed by atoms with Crippen LogP contribution in [0.5, 0.6) is 0 Å². The van der Waals surface area contributed by atoms with Crippen LogP contribution < -0.4 is 4.90 Å². The van der Waals surface area contributed by atoms with E-state index in [-0.39, 0.29) is 0 Å². The third-order valence-corrected chi connectivity index (χ3v) is 5.11. The van der Waals surface area contributed by atoms with Gasteiger partial charge in [-0.05, 0) is 25.5 Å². The fraction of sp³-hybridized carbons (Fsp3) is 0.318. The van der Waals surface area contributed by atoms with E-state index >= 15 is 0 Å². The molecule has 1 aromatic heterocycles. The quantitative estimate of drug-likeness (QED) is 0.705. The van der Waals surface area contributed by atoms with Crippen molar-refractivity contribution in [1.29, 1.82) is 0 Å². The van der Waals surface area contributed by atoms with E-state index in [9.17, 15) is 0 Å². The van der Waals surface area contributed by atoms with Gasteiger partial charge in [-0.3, -0.25) is 4.90 Å². The van der Waals surface area contributed by atoms with Crippen LogP contribution >= 0.6 is 0 Å². The molecule has 0 N–H and O–H groups in total. The maximum Gasteiger partial charge on any atom is 0.151 e. The molecule has 0 aliphatic carbocycles. The smallest absolute Gasteiger partial charge is 0.151 e. The zero-order valence-corrected chi connectivity index (χ0v) is 15.5. The van der Waals surface area contributed by atoms with Crippen molar-refractivity contribution in [3.8, 4) is 11.3 Å². The molecule has 3 aromatic rings. The first-order valence-electron chi connectivity index (χ1n) is 9.24. The number of nitrogens with zero attached hydrogens (tertiary/aromatic N) is 3. The maximum atomic E-state index is 5.58. The highest BCUT2D eigenvalue weighted by Gasteiger charge is 2.19. The molecule has 4 rings (SSSR count). The zero-order valence-electron chi connectivity index (χ0n) is 15.5. The number of hydrogen-bond donors (Lipinski definition) is 0. The molecule has 0 spiro atoms. The van der Waals surface area contributed by atoms with Crippen molar-refractivity contribution < 1.29 is 4.52 Å². The molecule has 4 heteroatoms. The van der Waals surface area contributed by atoms with Gasteiger partial charge in [-0.15, -0.1) is 0 Å². The Morgan fingerprint density at radius 3 is 2.38 bits per heavy atom. The molecule has 0 saturated carbocycles. The van der Waals surface area contributed by atoms with Gasteiger partial charge in [0.2, 0.25) is 0 Å². The Bertz CT molecular complexity index is 861. The number of aromatic nitrogens is 1. The number of benzene rings is 2. The van der Waals surface area contributed by atoms with Crippen LogP contribution in [0.15, 0.2) is 59.1 Å². The van der Waals surface area contributed by atoms with Crippen LogP contribution in [0.3, 0.4) is 0 Å². The Hall–Kier alpha value is -2.59. The Morgan fingerprint density at radius 1 is 0.923 bits per heavy atom. The van der Waals surface area contributed by atoms with Crippen LogP contribution in [0, 0.1) is 13.8 Å². The molecule has 1 saturated heterocycles. The number of piperazine rings is 1. The summed E-state index contributed by atoms with van der Waals surface area (Å²) < 4.78 is 5.58. The normalized spacial score (nSPS) is 15.4. The van der Waals surface area contributed by atoms with E-state index in [1.54, 1.807) is 0 Å². The molecule has 1 aliphatic heterocycles. The highest BCUT2D eigenvalue weighted by Crippen LogP contribution is 2.23. The molecule has 1 aliphatic rings. The van der Waals surface area contributed by atoms with Crippen LogP contribution in [-0.4, -0.2) is 36.2 Å². The number of para-hydroxylation sites is 1. The molecular weight excluding hydrogens is 322 g/mol. The van der Waals surface area contributed by atoms with Gasteiger partial charge >= 0.3 is 0 Å². The van der Waals surface area contributed by atoms with Crippen molar-refractivity contribution in [2.75, 3.05) is 31.1 Å². The maximum absolute atomic E-state index is 5.58. The van der Waals surface area contributed by atoms with Gasteiger partial charge in [0.15, 0.2) is 5.76 Å². The second kappa shape index (κ2) is 7.34. The average Bonchev–Trinajstić information content (AvgIpc) is 3.12. The molecule has 0 unspecified atom stereocenters. The van der Waals surface area contributed by atoms with Crippen molar-refractivity contribution in [2.24, 2.45) is 0 Å². The second-order valence-corrected chi connectivity index (χ2v) is 7.09. The topological polar surface area (TPSA) is 32.5 Å². The summed E-state index contributed by atoms with van der Waals surface area (Å²) in [5, 5.41) is 4.24. The highest BCUT2D eigenvalue weighted by molar-refractivity contribution is 5.59. The summed E-state index contributed by atoms with van der Waals surface area (Å²) in [6.45, 7) is 9.26. The largest absolute Gasteiger partial charge is 0.369 e. The van der Waals surface area contributed by atoms with Gasteiger partial charge in [0.05, 0.1) is 6.54 Å². The molecule has 0 amide bonds. The van der Waals surface area contributed by atoms with Gasteiger partial charge in [0, 0.05) is 43.5 Å². The van der Waals surface area contributed by atoms with E-state index in [1.165, 1.54) is 16.8 Å². The number of hydrogen-bond acceptors (Lipinski definition) is 4. The molecule has 1 fully saturated rings. The van der Waals surface area contributed by atoms with Gasteiger partial charge in [0.25, 0.3) is 0 Å². The first kappa shape index (κ1) is 16.9. The summed E-state index contributed by atoms with van der Waals surface area (Å²) in [6.07, 6.45) is 0. The molecule has 2 aromatic carbocycles. The first-order chi connectivity index (χ1) is 12.7. The van der Waals surface area contributed by atoms with Crippen LogP contribution in [-0.2, 0) is 6.54 Å². The summed E-state index contributed by atoms with van der Waals surface area (Å²) in [5.41, 5.74) is 5.98. The molecule has 134 valence electrons. The Kier molecular flexibility index (Phi) is 4.76. The van der Waals surface area contributed by atoms with E-state index in [0.29, 0.717) is 0 Å². The summed E-state index contributed by atoms with van der Waals surface area (Å²) in [6, 6.07) is 19.1. The molecular formula is C22H25N3O. The molecule has 4 nitrogen and oxygen atoms in total. The van der Waals surface area contributed by atoms with Gasteiger partial charge in [-0.2, -0.15) is 0 Å². The monoisotopic (exact) mass is 347 g/mol. The van der Waals surface area contributed by atoms with Crippen molar-refractivity contribution in [2.45, 2.75) is 20.4 Å². The molecule has 0 atom stereocenters. The highest BCUT2D eigenvalue weighted by atomic mass is 16.5. The first-order valence-corrected chi connectivity index (χ1v) is 9.24. The Morgan fingerprint density at radius 2 is 1.65 bits per heavy atom. The fourth-order valence-electron chi connectivity index (χ4n) is 3.53. The summed E-state index contributed by atoms with van der Waals surface area (Å²) >= 11 is 0. The summed E-state index contributed by atoms with van der Waals surface area (Å²) in [4.78, 5) is 4.91. The van der Waals surface area contributed by atoms with Gasteiger partial charge in [-0.25, -0.2) is 0 Å². The van der Waals surface area contributed by atoms with Crippen LogP contribution in [0.25, 0.3) is 11.3 Å². The van der Waals surface area contributed by atoms with Crippen molar-refractivity contribution in [1.82, 2.24) is 10.1 Å². The second-order valence-electron chi connectivity index (χ2n) is 7.09. The van der Waals surface area contributed by atoms with Crippen LogP contribution in [0.2, 0.25) is 0 Å². The van der Waals surface area contributed by atoms with Crippen molar-refractivity contribution >= 4 is 5.69 Å². The lowest BCUT2D eigenvalue weighted by atomic mass is 10.1. The Balaban J connectivity index is 1.36. The van der Waals surface area contributed by atoms with Crippen molar-refractivity contribution in [3.05, 3.63) is 71.5 Å². The fourth-order valence-corrected chi connectivity index (χ4v) is 3.53. The average molecular weight is 347 g/mol. The molecule has 26 heavy (non-hydrogen) atoms. The minimum Gasteiger partial charge on any atom is -0.369 e. The number of aryl methyl sites for hydroxylation is 2. The Labute approximate surface area is 155 Å². The predicted molar refractivity (Wildman–Crippen MR) is 105 cm³/mol. The molecule has 0 radical (unpaired) electrons. The van der Waals surface area contributed by atoms with E-state index < -0.39 is 0 Å². The molecule has 2 heterocycles. The minimum absolute atomic E-state index is 0.820. The summed E-state index contributed by atoms with van der Waals surface area (Å²) in [7, 11) is 0. The summed E-state index contributed by atoms with van der Waals surface area (Å²) in [5.74, 6) is 0.935. The standard InChI is InChI=1S/C22H25N3O/c1-17-7-9-19(10-8-17)21-15-20(26-23-21)16-24-11-13-25(14-12-24)22-6-4-3-5-18(22)2/h3-10,15H,11-14,16H2,1-2H3. The third-order valence-electron chi connectivity index (χ3n) is 5.11. The van der Waals surface area contributed by atoms with Crippen molar-refractivity contribution in [3.63, 3.8) is 0 Å². The third kappa shape index (κ3) is 3.65. The number of rotatable bonds is 4.